The van der Waals surface area contributed by atoms with Crippen molar-refractivity contribution in [1.82, 2.24) is 10.1 Å². The van der Waals surface area contributed by atoms with E-state index in [0.29, 0.717) is 29.5 Å². The minimum absolute atomic E-state index is 0.427. The highest BCUT2D eigenvalue weighted by atomic mass is 16.5. The fraction of sp³-hybridized carbons (Fsp3) is 0.125. The number of aromatic nitrogens is 2. The molecule has 0 saturated heterocycles. The standard InChI is InChI=1S/C16H16N4O/c1-10-3-2-4-11(5-10)6-15-19-16(21-20-15)12-7-13(17)9-14(18)8-12/h2-5,7-9H,6,17-18H2,1H3. The molecule has 1 aromatic heterocycles. The van der Waals surface area contributed by atoms with Gasteiger partial charge in [-0.25, -0.2) is 0 Å². The maximum absolute atomic E-state index is 5.77. The van der Waals surface area contributed by atoms with Gasteiger partial charge in [0.1, 0.15) is 0 Å². The molecule has 0 saturated carbocycles. The summed E-state index contributed by atoms with van der Waals surface area (Å²) in [6.45, 7) is 2.06. The van der Waals surface area contributed by atoms with Crippen LogP contribution < -0.4 is 11.5 Å². The summed E-state index contributed by atoms with van der Waals surface area (Å²) in [5.41, 5.74) is 15.8. The van der Waals surface area contributed by atoms with Crippen LogP contribution in [0.25, 0.3) is 11.5 Å². The average Bonchev–Trinajstić information content (AvgIpc) is 2.86. The Kier molecular flexibility index (Phi) is 3.31. The van der Waals surface area contributed by atoms with E-state index in [0.717, 1.165) is 11.1 Å². The van der Waals surface area contributed by atoms with E-state index in [1.54, 1.807) is 18.2 Å². The summed E-state index contributed by atoms with van der Waals surface area (Å²) in [7, 11) is 0. The van der Waals surface area contributed by atoms with Crippen molar-refractivity contribution >= 4 is 11.4 Å². The molecule has 0 radical (unpaired) electrons. The number of anilines is 2. The molecule has 0 fully saturated rings. The van der Waals surface area contributed by atoms with Crippen molar-refractivity contribution < 1.29 is 4.52 Å². The van der Waals surface area contributed by atoms with Crippen molar-refractivity contribution in [2.24, 2.45) is 0 Å². The van der Waals surface area contributed by atoms with Gasteiger partial charge in [-0.05, 0) is 30.7 Å². The van der Waals surface area contributed by atoms with Gasteiger partial charge >= 0.3 is 0 Å². The maximum atomic E-state index is 5.77. The van der Waals surface area contributed by atoms with Crippen LogP contribution in [0.3, 0.4) is 0 Å². The predicted molar refractivity (Wildman–Crippen MR) is 82.5 cm³/mol. The van der Waals surface area contributed by atoms with Crippen LogP contribution in [0, 0.1) is 6.92 Å². The highest BCUT2D eigenvalue weighted by Crippen LogP contribution is 2.23. The Morgan fingerprint density at radius 3 is 2.52 bits per heavy atom. The molecule has 0 atom stereocenters. The lowest BCUT2D eigenvalue weighted by molar-refractivity contribution is 0.424. The molecule has 4 N–H and O–H groups in total. The maximum Gasteiger partial charge on any atom is 0.258 e. The monoisotopic (exact) mass is 280 g/mol. The number of benzene rings is 2. The van der Waals surface area contributed by atoms with Crippen LogP contribution in [-0.2, 0) is 6.42 Å². The molecule has 0 spiro atoms. The first kappa shape index (κ1) is 13.2. The second-order valence-electron chi connectivity index (χ2n) is 5.07. The van der Waals surface area contributed by atoms with Crippen molar-refractivity contribution in [2.45, 2.75) is 13.3 Å². The number of aryl methyl sites for hydroxylation is 1. The molecule has 0 aliphatic heterocycles. The Hall–Kier alpha value is -2.82. The van der Waals surface area contributed by atoms with E-state index in [2.05, 4.69) is 29.2 Å². The van der Waals surface area contributed by atoms with Gasteiger partial charge in [0.2, 0.25) is 0 Å². The Balaban J connectivity index is 1.86. The first-order valence-electron chi connectivity index (χ1n) is 6.65. The van der Waals surface area contributed by atoms with E-state index in [-0.39, 0.29) is 0 Å². The summed E-state index contributed by atoms with van der Waals surface area (Å²) in [5, 5.41) is 4.01. The number of hydrogen-bond donors (Lipinski definition) is 2. The molecule has 5 heteroatoms. The number of nitrogens with zero attached hydrogens (tertiary/aromatic N) is 2. The highest BCUT2D eigenvalue weighted by molar-refractivity contribution is 5.67. The van der Waals surface area contributed by atoms with Gasteiger partial charge in [-0.2, -0.15) is 4.98 Å². The normalized spacial score (nSPS) is 10.7. The molecule has 0 unspecified atom stereocenters. The Labute approximate surface area is 122 Å². The lowest BCUT2D eigenvalue weighted by atomic mass is 10.1. The molecular weight excluding hydrogens is 264 g/mol. The third-order valence-corrected chi connectivity index (χ3v) is 3.14. The van der Waals surface area contributed by atoms with Crippen molar-refractivity contribution in [3.63, 3.8) is 0 Å². The van der Waals surface area contributed by atoms with Gasteiger partial charge in [0.05, 0.1) is 0 Å². The summed E-state index contributed by atoms with van der Waals surface area (Å²) < 4.78 is 5.29. The molecular formula is C16H16N4O. The first-order valence-corrected chi connectivity index (χ1v) is 6.65. The lowest BCUT2D eigenvalue weighted by Crippen LogP contribution is -1.93. The van der Waals surface area contributed by atoms with Crippen molar-refractivity contribution in [1.29, 1.82) is 0 Å². The van der Waals surface area contributed by atoms with E-state index in [1.807, 2.05) is 12.1 Å². The second kappa shape index (κ2) is 5.28. The van der Waals surface area contributed by atoms with E-state index >= 15 is 0 Å². The van der Waals surface area contributed by atoms with Crippen molar-refractivity contribution in [3.05, 3.63) is 59.4 Å². The minimum atomic E-state index is 0.427. The van der Waals surface area contributed by atoms with Crippen LogP contribution in [0.5, 0.6) is 0 Å². The van der Waals surface area contributed by atoms with Gasteiger partial charge in [-0.15, -0.1) is 0 Å². The van der Waals surface area contributed by atoms with Gasteiger partial charge in [-0.1, -0.05) is 35.0 Å². The fourth-order valence-corrected chi connectivity index (χ4v) is 2.25. The van der Waals surface area contributed by atoms with Crippen molar-refractivity contribution in [3.8, 4) is 11.5 Å². The fourth-order valence-electron chi connectivity index (χ4n) is 2.25. The van der Waals surface area contributed by atoms with Crippen LogP contribution in [-0.4, -0.2) is 10.1 Å². The summed E-state index contributed by atoms with van der Waals surface area (Å²) >= 11 is 0. The second-order valence-corrected chi connectivity index (χ2v) is 5.07. The molecule has 0 amide bonds. The van der Waals surface area contributed by atoms with E-state index in [4.69, 9.17) is 16.0 Å². The Morgan fingerprint density at radius 1 is 1.05 bits per heavy atom. The van der Waals surface area contributed by atoms with Crippen molar-refractivity contribution in [2.75, 3.05) is 11.5 Å². The summed E-state index contributed by atoms with van der Waals surface area (Å²) in [6, 6.07) is 13.4. The smallest absolute Gasteiger partial charge is 0.258 e. The molecule has 3 aromatic rings. The molecule has 2 aromatic carbocycles. The molecule has 0 bridgehead atoms. The summed E-state index contributed by atoms with van der Waals surface area (Å²) in [6.07, 6.45) is 0.628. The minimum Gasteiger partial charge on any atom is -0.399 e. The van der Waals surface area contributed by atoms with Gasteiger partial charge in [-0.3, -0.25) is 0 Å². The average molecular weight is 280 g/mol. The largest absolute Gasteiger partial charge is 0.399 e. The lowest BCUT2D eigenvalue weighted by Gasteiger charge is -1.99. The van der Waals surface area contributed by atoms with Crippen LogP contribution in [0.15, 0.2) is 47.0 Å². The number of rotatable bonds is 3. The Morgan fingerprint density at radius 2 is 1.81 bits per heavy atom. The van der Waals surface area contributed by atoms with Gasteiger partial charge in [0, 0.05) is 23.4 Å². The number of nitrogen functional groups attached to an aromatic ring is 2. The SMILES string of the molecule is Cc1cccc(Cc2noc(-c3cc(N)cc(N)c3)n2)c1. The highest BCUT2D eigenvalue weighted by Gasteiger charge is 2.10. The van der Waals surface area contributed by atoms with Crippen LogP contribution in [0.1, 0.15) is 17.0 Å². The van der Waals surface area contributed by atoms with Crippen LogP contribution in [0.4, 0.5) is 11.4 Å². The molecule has 21 heavy (non-hydrogen) atoms. The quantitative estimate of drug-likeness (QED) is 0.720. The van der Waals surface area contributed by atoms with Crippen LogP contribution in [0.2, 0.25) is 0 Å². The van der Waals surface area contributed by atoms with E-state index in [9.17, 15) is 0 Å². The van der Waals surface area contributed by atoms with Gasteiger partial charge < -0.3 is 16.0 Å². The van der Waals surface area contributed by atoms with Crippen LogP contribution >= 0.6 is 0 Å². The third kappa shape index (κ3) is 3.02. The third-order valence-electron chi connectivity index (χ3n) is 3.14. The van der Waals surface area contributed by atoms with Gasteiger partial charge in [0.15, 0.2) is 5.82 Å². The molecule has 1 heterocycles. The number of nitrogens with two attached hydrogens (primary N) is 2. The van der Waals surface area contributed by atoms with E-state index < -0.39 is 0 Å². The number of hydrogen-bond acceptors (Lipinski definition) is 5. The predicted octanol–water partition coefficient (Wildman–Crippen LogP) is 2.80. The Bertz CT molecular complexity index is 759. The molecule has 3 rings (SSSR count). The zero-order valence-electron chi connectivity index (χ0n) is 11.7. The summed E-state index contributed by atoms with van der Waals surface area (Å²) in [5.74, 6) is 1.06. The van der Waals surface area contributed by atoms with Gasteiger partial charge in [0.25, 0.3) is 5.89 Å². The summed E-state index contributed by atoms with van der Waals surface area (Å²) in [4.78, 5) is 4.40. The van der Waals surface area contributed by atoms with E-state index in [1.165, 1.54) is 5.56 Å². The first-order chi connectivity index (χ1) is 10.1. The molecule has 106 valence electrons. The molecule has 0 aliphatic carbocycles. The zero-order chi connectivity index (χ0) is 14.8. The molecule has 5 nitrogen and oxygen atoms in total. The zero-order valence-corrected chi connectivity index (χ0v) is 11.7. The molecule has 0 aliphatic rings. The topological polar surface area (TPSA) is 91.0 Å².